The Morgan fingerprint density at radius 2 is 2.00 bits per heavy atom. The number of imidazole rings is 1. The smallest absolute Gasteiger partial charge is 0.264 e. The molecular weight excluding hydrogens is 390 g/mol. The third kappa shape index (κ3) is 2.65. The molecule has 5 heterocycles. The number of piperazine rings is 1. The molecule has 1 fully saturated rings. The van der Waals surface area contributed by atoms with E-state index < -0.39 is 0 Å². The number of aromatic nitrogens is 3. The van der Waals surface area contributed by atoms with Gasteiger partial charge in [-0.15, -0.1) is 22.7 Å². The first kappa shape index (κ1) is 16.0. The van der Waals surface area contributed by atoms with E-state index >= 15 is 0 Å². The molecule has 0 aromatic carbocycles. The molecule has 0 atom stereocenters. The van der Waals surface area contributed by atoms with E-state index in [4.69, 9.17) is 11.6 Å². The van der Waals surface area contributed by atoms with Gasteiger partial charge in [-0.3, -0.25) is 9.20 Å². The Morgan fingerprint density at radius 3 is 2.81 bits per heavy atom. The van der Waals surface area contributed by atoms with Gasteiger partial charge in [0.1, 0.15) is 15.8 Å². The highest BCUT2D eigenvalue weighted by molar-refractivity contribution is 7.21. The van der Waals surface area contributed by atoms with Crippen LogP contribution in [0.15, 0.2) is 35.8 Å². The molecule has 1 aliphatic heterocycles. The first-order chi connectivity index (χ1) is 12.7. The summed E-state index contributed by atoms with van der Waals surface area (Å²) in [4.78, 5) is 28.5. The number of thiophene rings is 1. The SMILES string of the molecule is O=C(c1cc2c(nc3sccn32)s1)N1CCN(c2cccc(Cl)n2)CC1. The van der Waals surface area contributed by atoms with Gasteiger partial charge in [-0.25, -0.2) is 9.97 Å². The summed E-state index contributed by atoms with van der Waals surface area (Å²) in [7, 11) is 0. The number of pyridine rings is 1. The number of nitrogens with zero attached hydrogens (tertiary/aromatic N) is 5. The molecule has 4 aromatic heterocycles. The number of rotatable bonds is 2. The van der Waals surface area contributed by atoms with Crippen LogP contribution < -0.4 is 4.90 Å². The van der Waals surface area contributed by atoms with Gasteiger partial charge in [0.2, 0.25) is 0 Å². The molecule has 0 aliphatic carbocycles. The van der Waals surface area contributed by atoms with Crippen LogP contribution in [0.5, 0.6) is 0 Å². The zero-order valence-electron chi connectivity index (χ0n) is 13.6. The second-order valence-electron chi connectivity index (χ2n) is 6.07. The molecule has 1 amide bonds. The summed E-state index contributed by atoms with van der Waals surface area (Å²) in [5.74, 6) is 0.940. The standard InChI is InChI=1S/C17H14ClN5OS2/c18-13-2-1-3-14(19-13)21-4-6-22(7-5-21)16(24)12-10-11-15(26-12)20-17-23(11)8-9-25-17/h1-3,8-10H,4-7H2. The quantitative estimate of drug-likeness (QED) is 0.480. The molecule has 6 nitrogen and oxygen atoms in total. The van der Waals surface area contributed by atoms with Gasteiger partial charge in [0, 0.05) is 37.8 Å². The van der Waals surface area contributed by atoms with Gasteiger partial charge < -0.3 is 9.80 Å². The van der Waals surface area contributed by atoms with E-state index in [9.17, 15) is 4.79 Å². The molecule has 0 bridgehead atoms. The van der Waals surface area contributed by atoms with E-state index in [1.165, 1.54) is 11.3 Å². The van der Waals surface area contributed by atoms with Crippen molar-refractivity contribution in [1.29, 1.82) is 0 Å². The number of thiazole rings is 1. The van der Waals surface area contributed by atoms with Crippen molar-refractivity contribution < 1.29 is 4.79 Å². The number of anilines is 1. The van der Waals surface area contributed by atoms with Crippen LogP contribution in [0.3, 0.4) is 0 Å². The minimum atomic E-state index is 0.0793. The van der Waals surface area contributed by atoms with Crippen LogP contribution in [0.2, 0.25) is 5.15 Å². The average molecular weight is 404 g/mol. The lowest BCUT2D eigenvalue weighted by Crippen LogP contribution is -2.48. The largest absolute Gasteiger partial charge is 0.353 e. The molecular formula is C17H14ClN5OS2. The fourth-order valence-electron chi connectivity index (χ4n) is 3.22. The third-order valence-electron chi connectivity index (χ3n) is 4.54. The number of carbonyl (C=O) groups excluding carboxylic acids is 1. The zero-order valence-corrected chi connectivity index (χ0v) is 16.0. The fourth-order valence-corrected chi connectivity index (χ4v) is 5.15. The van der Waals surface area contributed by atoms with Crippen molar-refractivity contribution in [2.24, 2.45) is 0 Å². The van der Waals surface area contributed by atoms with Crippen LogP contribution >= 0.6 is 34.3 Å². The maximum atomic E-state index is 12.9. The predicted octanol–water partition coefficient (Wildman–Crippen LogP) is 3.62. The third-order valence-corrected chi connectivity index (χ3v) is 6.52. The Hall–Kier alpha value is -2.16. The van der Waals surface area contributed by atoms with Crippen LogP contribution in [-0.2, 0) is 0 Å². The van der Waals surface area contributed by atoms with Crippen molar-refractivity contribution in [2.45, 2.75) is 0 Å². The molecule has 1 aliphatic rings. The van der Waals surface area contributed by atoms with E-state index in [0.29, 0.717) is 18.2 Å². The molecule has 0 N–H and O–H groups in total. The minimum absolute atomic E-state index is 0.0793. The first-order valence-electron chi connectivity index (χ1n) is 8.21. The van der Waals surface area contributed by atoms with Gasteiger partial charge in [-0.05, 0) is 18.2 Å². The summed E-state index contributed by atoms with van der Waals surface area (Å²) in [5, 5.41) is 2.49. The van der Waals surface area contributed by atoms with Gasteiger partial charge in [-0.2, -0.15) is 0 Å². The molecule has 132 valence electrons. The van der Waals surface area contributed by atoms with Crippen LogP contribution in [0.25, 0.3) is 15.3 Å². The molecule has 0 spiro atoms. The first-order valence-corrected chi connectivity index (χ1v) is 10.3. The summed E-state index contributed by atoms with van der Waals surface area (Å²) < 4.78 is 2.04. The van der Waals surface area contributed by atoms with Crippen LogP contribution in [0, 0.1) is 0 Å². The summed E-state index contributed by atoms with van der Waals surface area (Å²) in [6, 6.07) is 7.57. The van der Waals surface area contributed by atoms with Crippen LogP contribution in [0.4, 0.5) is 5.82 Å². The fraction of sp³-hybridized carbons (Fsp3) is 0.235. The average Bonchev–Trinajstić information content (AvgIpc) is 3.33. The Morgan fingerprint density at radius 1 is 1.15 bits per heavy atom. The number of fused-ring (bicyclic) bond motifs is 3. The van der Waals surface area contributed by atoms with Crippen molar-refractivity contribution in [3.8, 4) is 0 Å². The van der Waals surface area contributed by atoms with E-state index in [2.05, 4.69) is 14.9 Å². The molecule has 4 aromatic rings. The molecule has 0 radical (unpaired) electrons. The predicted molar refractivity (Wildman–Crippen MR) is 106 cm³/mol. The lowest BCUT2D eigenvalue weighted by molar-refractivity contribution is 0.0751. The van der Waals surface area contributed by atoms with E-state index in [1.54, 1.807) is 17.4 Å². The topological polar surface area (TPSA) is 53.7 Å². The lowest BCUT2D eigenvalue weighted by Gasteiger charge is -2.35. The van der Waals surface area contributed by atoms with Gasteiger partial charge in [0.25, 0.3) is 5.91 Å². The maximum absolute atomic E-state index is 12.9. The highest BCUT2D eigenvalue weighted by Gasteiger charge is 2.25. The van der Waals surface area contributed by atoms with Gasteiger partial charge in [0.15, 0.2) is 4.96 Å². The Bertz CT molecular complexity index is 1110. The second-order valence-corrected chi connectivity index (χ2v) is 8.36. The highest BCUT2D eigenvalue weighted by Crippen LogP contribution is 2.29. The van der Waals surface area contributed by atoms with Gasteiger partial charge in [0.05, 0.1) is 10.4 Å². The zero-order chi connectivity index (χ0) is 17.7. The maximum Gasteiger partial charge on any atom is 0.264 e. The van der Waals surface area contributed by atoms with Crippen molar-refractivity contribution in [2.75, 3.05) is 31.1 Å². The molecule has 26 heavy (non-hydrogen) atoms. The monoisotopic (exact) mass is 403 g/mol. The minimum Gasteiger partial charge on any atom is -0.353 e. The van der Waals surface area contributed by atoms with Gasteiger partial charge in [-0.1, -0.05) is 17.7 Å². The van der Waals surface area contributed by atoms with Crippen molar-refractivity contribution in [3.05, 3.63) is 45.9 Å². The number of hydrogen-bond acceptors (Lipinski definition) is 6. The molecule has 0 unspecified atom stereocenters. The van der Waals surface area contributed by atoms with E-state index in [1.807, 2.05) is 39.1 Å². The number of carbonyl (C=O) groups is 1. The highest BCUT2D eigenvalue weighted by atomic mass is 35.5. The van der Waals surface area contributed by atoms with Crippen molar-refractivity contribution in [1.82, 2.24) is 19.3 Å². The Labute approximate surface area is 162 Å². The number of hydrogen-bond donors (Lipinski definition) is 0. The van der Waals surface area contributed by atoms with Crippen molar-refractivity contribution in [3.63, 3.8) is 0 Å². The van der Waals surface area contributed by atoms with Gasteiger partial charge >= 0.3 is 0 Å². The molecule has 5 rings (SSSR count). The van der Waals surface area contributed by atoms with E-state index in [0.717, 1.165) is 39.1 Å². The molecule has 1 saturated heterocycles. The molecule has 0 saturated carbocycles. The lowest BCUT2D eigenvalue weighted by atomic mass is 10.3. The Kier molecular flexibility index (Phi) is 3.84. The summed E-state index contributed by atoms with van der Waals surface area (Å²) >= 11 is 9.05. The normalized spacial score (nSPS) is 15.3. The van der Waals surface area contributed by atoms with Crippen LogP contribution in [-0.4, -0.2) is 51.4 Å². The summed E-state index contributed by atoms with van der Waals surface area (Å²) in [5.41, 5.74) is 1.01. The number of halogens is 1. The molecule has 9 heteroatoms. The van der Waals surface area contributed by atoms with Crippen molar-refractivity contribution >= 4 is 61.3 Å². The van der Waals surface area contributed by atoms with E-state index in [-0.39, 0.29) is 5.91 Å². The summed E-state index contributed by atoms with van der Waals surface area (Å²) in [6.45, 7) is 2.84. The summed E-state index contributed by atoms with van der Waals surface area (Å²) in [6.07, 6.45) is 1.99. The van der Waals surface area contributed by atoms with Crippen LogP contribution in [0.1, 0.15) is 9.67 Å². The second kappa shape index (κ2) is 6.22. The Balaban J connectivity index is 1.33. The number of amides is 1.